The summed E-state index contributed by atoms with van der Waals surface area (Å²) in [7, 11) is 0. The first-order valence-corrected chi connectivity index (χ1v) is 7.78. The molecule has 2 N–H and O–H groups in total. The molecule has 0 amide bonds. The highest BCUT2D eigenvalue weighted by Crippen LogP contribution is 2.51. The van der Waals surface area contributed by atoms with E-state index in [9.17, 15) is 0 Å². The van der Waals surface area contributed by atoms with Gasteiger partial charge in [-0.1, -0.05) is 34.6 Å². The Bertz CT molecular complexity index is 454. The van der Waals surface area contributed by atoms with E-state index in [0.29, 0.717) is 11.3 Å². The lowest BCUT2D eigenvalue weighted by Crippen LogP contribution is -2.14. The molecule has 1 aromatic heterocycles. The van der Waals surface area contributed by atoms with E-state index in [-0.39, 0.29) is 0 Å². The van der Waals surface area contributed by atoms with Gasteiger partial charge in [-0.2, -0.15) is 0 Å². The van der Waals surface area contributed by atoms with Crippen molar-refractivity contribution in [2.24, 2.45) is 11.3 Å². The Morgan fingerprint density at radius 3 is 2.35 bits per heavy atom. The van der Waals surface area contributed by atoms with Gasteiger partial charge < -0.3 is 10.6 Å². The summed E-state index contributed by atoms with van der Waals surface area (Å²) in [4.78, 5) is 8.86. The molecule has 1 unspecified atom stereocenters. The van der Waals surface area contributed by atoms with Gasteiger partial charge in [0.15, 0.2) is 0 Å². The van der Waals surface area contributed by atoms with Gasteiger partial charge in [-0.3, -0.25) is 0 Å². The molecule has 1 aromatic rings. The van der Waals surface area contributed by atoms with Crippen LogP contribution in [0.3, 0.4) is 0 Å². The Kier molecular flexibility index (Phi) is 4.51. The summed E-state index contributed by atoms with van der Waals surface area (Å²) in [6, 6.07) is 0. The molecule has 0 radical (unpaired) electrons. The Hall–Kier alpha value is -1.32. The second-order valence-corrected chi connectivity index (χ2v) is 6.84. The van der Waals surface area contributed by atoms with Crippen LogP contribution in [0.4, 0.5) is 11.6 Å². The van der Waals surface area contributed by atoms with E-state index in [4.69, 9.17) is 0 Å². The van der Waals surface area contributed by atoms with Gasteiger partial charge in [-0.15, -0.1) is 0 Å². The molecule has 2 rings (SSSR count). The summed E-state index contributed by atoms with van der Waals surface area (Å²) in [6.07, 6.45) is 4.06. The average Bonchev–Trinajstić information content (AvgIpc) is 3.01. The Balaban J connectivity index is 2.10. The third-order valence-electron chi connectivity index (χ3n) is 4.24. The second kappa shape index (κ2) is 5.98. The first-order valence-electron chi connectivity index (χ1n) is 7.78. The largest absolute Gasteiger partial charge is 0.370 e. The molecule has 1 heterocycles. The molecule has 1 saturated carbocycles. The molecule has 1 fully saturated rings. The first-order chi connectivity index (χ1) is 9.45. The van der Waals surface area contributed by atoms with E-state index in [1.54, 1.807) is 6.33 Å². The van der Waals surface area contributed by atoms with Gasteiger partial charge >= 0.3 is 0 Å². The zero-order valence-corrected chi connectivity index (χ0v) is 13.5. The molecule has 112 valence electrons. The van der Waals surface area contributed by atoms with Crippen LogP contribution in [0.1, 0.15) is 58.9 Å². The fourth-order valence-corrected chi connectivity index (χ4v) is 2.61. The van der Waals surface area contributed by atoms with E-state index in [2.05, 4.69) is 55.2 Å². The predicted molar refractivity (Wildman–Crippen MR) is 85.3 cm³/mol. The second-order valence-electron chi connectivity index (χ2n) is 6.84. The highest BCUT2D eigenvalue weighted by molar-refractivity contribution is 5.59. The number of hydrogen-bond acceptors (Lipinski definition) is 4. The zero-order valence-electron chi connectivity index (χ0n) is 13.5. The standard InChI is InChI=1S/C16H28N4/c1-6-7-17-14-13(11(2)3)15(20-10-19-14)18-9-12-8-16(12,4)5/h10-12H,6-9H2,1-5H3,(H2,17,18,19,20). The Morgan fingerprint density at radius 1 is 1.25 bits per heavy atom. The summed E-state index contributed by atoms with van der Waals surface area (Å²) in [5, 5.41) is 6.95. The maximum atomic E-state index is 4.45. The molecule has 0 aromatic carbocycles. The molecule has 0 bridgehead atoms. The van der Waals surface area contributed by atoms with Gasteiger partial charge in [0.1, 0.15) is 18.0 Å². The third kappa shape index (κ3) is 3.41. The fourth-order valence-electron chi connectivity index (χ4n) is 2.61. The molecule has 1 aliphatic rings. The van der Waals surface area contributed by atoms with Crippen LogP contribution in [0, 0.1) is 11.3 Å². The van der Waals surface area contributed by atoms with E-state index < -0.39 is 0 Å². The number of nitrogens with zero attached hydrogens (tertiary/aromatic N) is 2. The summed E-state index contributed by atoms with van der Waals surface area (Å²) < 4.78 is 0. The quantitative estimate of drug-likeness (QED) is 0.793. The molecule has 0 aliphatic heterocycles. The van der Waals surface area contributed by atoms with Gasteiger partial charge in [0.2, 0.25) is 0 Å². The van der Waals surface area contributed by atoms with Crippen molar-refractivity contribution in [3.8, 4) is 0 Å². The van der Waals surface area contributed by atoms with E-state index >= 15 is 0 Å². The van der Waals surface area contributed by atoms with Gasteiger partial charge in [0.25, 0.3) is 0 Å². The van der Waals surface area contributed by atoms with Crippen LogP contribution >= 0.6 is 0 Å². The maximum Gasteiger partial charge on any atom is 0.134 e. The minimum atomic E-state index is 0.408. The highest BCUT2D eigenvalue weighted by Gasteiger charge is 2.45. The zero-order chi connectivity index (χ0) is 14.8. The van der Waals surface area contributed by atoms with Gasteiger partial charge in [-0.25, -0.2) is 9.97 Å². The molecular formula is C16H28N4. The van der Waals surface area contributed by atoms with Crippen molar-refractivity contribution in [3.63, 3.8) is 0 Å². The van der Waals surface area contributed by atoms with Crippen molar-refractivity contribution in [3.05, 3.63) is 11.9 Å². The lowest BCUT2D eigenvalue weighted by Gasteiger charge is -2.18. The van der Waals surface area contributed by atoms with Crippen LogP contribution in [0.15, 0.2) is 6.33 Å². The van der Waals surface area contributed by atoms with Crippen LogP contribution in [0.25, 0.3) is 0 Å². The summed E-state index contributed by atoms with van der Waals surface area (Å²) in [5.74, 6) is 3.15. The minimum absolute atomic E-state index is 0.408. The number of nitrogens with one attached hydrogen (secondary N) is 2. The maximum absolute atomic E-state index is 4.45. The third-order valence-corrected chi connectivity index (χ3v) is 4.24. The lowest BCUT2D eigenvalue weighted by molar-refractivity contribution is 0.572. The molecule has 0 saturated heterocycles. The van der Waals surface area contributed by atoms with Gasteiger partial charge in [0, 0.05) is 18.7 Å². The summed E-state index contributed by atoms with van der Waals surface area (Å²) in [6.45, 7) is 13.2. The van der Waals surface area contributed by atoms with Gasteiger partial charge in [-0.05, 0) is 30.1 Å². The topological polar surface area (TPSA) is 49.8 Å². The van der Waals surface area contributed by atoms with Crippen molar-refractivity contribution < 1.29 is 0 Å². The molecule has 4 heteroatoms. The van der Waals surface area contributed by atoms with Crippen LogP contribution in [0.5, 0.6) is 0 Å². The highest BCUT2D eigenvalue weighted by atomic mass is 15.1. The van der Waals surface area contributed by atoms with Crippen LogP contribution in [0.2, 0.25) is 0 Å². The Morgan fingerprint density at radius 2 is 1.85 bits per heavy atom. The lowest BCUT2D eigenvalue weighted by atomic mass is 10.0. The van der Waals surface area contributed by atoms with E-state index in [1.807, 2.05) is 0 Å². The van der Waals surface area contributed by atoms with Crippen LogP contribution < -0.4 is 10.6 Å². The normalized spacial score (nSPS) is 20.0. The average molecular weight is 276 g/mol. The summed E-state index contributed by atoms with van der Waals surface area (Å²) >= 11 is 0. The Labute approximate surface area is 122 Å². The number of anilines is 2. The minimum Gasteiger partial charge on any atom is -0.370 e. The molecular weight excluding hydrogens is 248 g/mol. The molecule has 4 nitrogen and oxygen atoms in total. The molecule has 1 aliphatic carbocycles. The number of aromatic nitrogens is 2. The van der Waals surface area contributed by atoms with Crippen LogP contribution in [-0.4, -0.2) is 23.1 Å². The van der Waals surface area contributed by atoms with E-state index in [1.165, 1.54) is 12.0 Å². The van der Waals surface area contributed by atoms with Crippen LogP contribution in [-0.2, 0) is 0 Å². The molecule has 0 spiro atoms. The van der Waals surface area contributed by atoms with E-state index in [0.717, 1.165) is 37.1 Å². The van der Waals surface area contributed by atoms with Crippen molar-refractivity contribution >= 4 is 11.6 Å². The monoisotopic (exact) mass is 276 g/mol. The predicted octanol–water partition coefficient (Wildman–Crippen LogP) is 3.88. The first kappa shape index (κ1) is 15.1. The molecule has 20 heavy (non-hydrogen) atoms. The number of rotatable bonds is 7. The number of hydrogen-bond donors (Lipinski definition) is 2. The fraction of sp³-hybridized carbons (Fsp3) is 0.750. The summed E-state index contributed by atoms with van der Waals surface area (Å²) in [5.41, 5.74) is 1.71. The van der Waals surface area contributed by atoms with Crippen molar-refractivity contribution in [2.45, 2.75) is 53.4 Å². The van der Waals surface area contributed by atoms with Crippen molar-refractivity contribution in [1.29, 1.82) is 0 Å². The molecule has 1 atom stereocenters. The SMILES string of the molecule is CCCNc1ncnc(NCC2CC2(C)C)c1C(C)C. The van der Waals surface area contributed by atoms with Gasteiger partial charge in [0.05, 0.1) is 0 Å². The van der Waals surface area contributed by atoms with Crippen molar-refractivity contribution in [2.75, 3.05) is 23.7 Å². The smallest absolute Gasteiger partial charge is 0.134 e. The van der Waals surface area contributed by atoms with Crippen molar-refractivity contribution in [1.82, 2.24) is 9.97 Å².